The van der Waals surface area contributed by atoms with E-state index >= 15 is 0 Å². The molecule has 2 N–H and O–H groups in total. The molecule has 35 heavy (non-hydrogen) atoms. The molecule has 0 spiro atoms. The summed E-state index contributed by atoms with van der Waals surface area (Å²) in [4.78, 5) is 15.3. The summed E-state index contributed by atoms with van der Waals surface area (Å²) >= 11 is 2.04. The Kier molecular flexibility index (Phi) is 12.1. The van der Waals surface area contributed by atoms with Crippen molar-refractivity contribution in [2.75, 3.05) is 12.8 Å². The zero-order valence-electron chi connectivity index (χ0n) is 20.8. The maximum Gasteiger partial charge on any atom is 0.262 e. The summed E-state index contributed by atoms with van der Waals surface area (Å²) in [5, 5.41) is 0. The summed E-state index contributed by atoms with van der Waals surface area (Å²) < 4.78 is 17.2. The van der Waals surface area contributed by atoms with Crippen molar-refractivity contribution in [2.45, 2.75) is 47.4 Å². The molecule has 1 heterocycles. The molecular weight excluding hydrogens is 575 g/mol. The second-order valence-corrected chi connectivity index (χ2v) is 8.44. The van der Waals surface area contributed by atoms with Crippen LogP contribution in [0.3, 0.4) is 0 Å². The average Bonchev–Trinajstić information content (AvgIpc) is 3.36. The number of benzene rings is 3. The number of ether oxygens (including phenoxy) is 2. The maximum absolute atomic E-state index is 13.6. The van der Waals surface area contributed by atoms with E-state index in [4.69, 9.17) is 19.4 Å². The van der Waals surface area contributed by atoms with Crippen molar-refractivity contribution in [1.29, 1.82) is 0 Å². The molecule has 0 bridgehead atoms. The zero-order chi connectivity index (χ0) is 25.8. The van der Waals surface area contributed by atoms with Crippen molar-refractivity contribution in [2.24, 2.45) is 0 Å². The third kappa shape index (κ3) is 7.20. The first-order valence-electron chi connectivity index (χ1n) is 11.6. The van der Waals surface area contributed by atoms with Crippen LogP contribution in [0, 0.1) is 0 Å². The van der Waals surface area contributed by atoms with Crippen LogP contribution in [0.5, 0.6) is 17.2 Å². The standard InChI is InChI=1S/C23H21IN2O4S.2C2H6/c1-28-20-10-17(30-31-24)11-21(29-14-15-6-3-2-4-7-15)22(20)23(27)26-12-16-8-5-9-19(25)18(16)13-26;2*1-2/h2-11H,12-14,25H2,1H3;2*1-2H3. The van der Waals surface area contributed by atoms with E-state index in [1.807, 2.05) is 97.4 Å². The number of anilines is 1. The molecule has 1 amide bonds. The van der Waals surface area contributed by atoms with Crippen molar-refractivity contribution in [1.82, 2.24) is 4.90 Å². The number of rotatable bonds is 7. The fourth-order valence-corrected chi connectivity index (χ4v) is 4.41. The summed E-state index contributed by atoms with van der Waals surface area (Å²) in [5.41, 5.74) is 10.2. The molecular formula is C27H33IN2O4S. The molecule has 8 heteroatoms. The number of nitrogens with two attached hydrogens (primary N) is 1. The molecule has 6 nitrogen and oxygen atoms in total. The van der Waals surface area contributed by atoms with Crippen LogP contribution >= 0.6 is 30.4 Å². The quantitative estimate of drug-likeness (QED) is 0.171. The molecule has 3 aromatic carbocycles. The lowest BCUT2D eigenvalue weighted by atomic mass is 10.1. The van der Waals surface area contributed by atoms with Gasteiger partial charge in [0, 0.05) is 52.1 Å². The van der Waals surface area contributed by atoms with Crippen LogP contribution in [0.1, 0.15) is 54.7 Å². The van der Waals surface area contributed by atoms with Gasteiger partial charge >= 0.3 is 0 Å². The first-order valence-corrected chi connectivity index (χ1v) is 14.9. The fraction of sp³-hybridized carbons (Fsp3) is 0.296. The maximum atomic E-state index is 13.6. The number of amides is 1. The van der Waals surface area contributed by atoms with Gasteiger partial charge in [-0.25, -0.2) is 0 Å². The van der Waals surface area contributed by atoms with Crippen molar-refractivity contribution in [3.63, 3.8) is 0 Å². The predicted molar refractivity (Wildman–Crippen MR) is 153 cm³/mol. The van der Waals surface area contributed by atoms with Crippen LogP contribution in [0.15, 0.2) is 60.7 Å². The van der Waals surface area contributed by atoms with Crippen molar-refractivity contribution < 1.29 is 18.5 Å². The van der Waals surface area contributed by atoms with Gasteiger partial charge in [0.05, 0.1) is 7.11 Å². The number of nitrogen functional groups attached to an aromatic ring is 1. The van der Waals surface area contributed by atoms with Crippen LogP contribution in [-0.2, 0) is 19.7 Å². The summed E-state index contributed by atoms with van der Waals surface area (Å²) in [6, 6.07) is 19.0. The minimum Gasteiger partial charge on any atom is -0.496 e. The van der Waals surface area contributed by atoms with Gasteiger partial charge in [0.25, 0.3) is 5.91 Å². The van der Waals surface area contributed by atoms with E-state index in [0.29, 0.717) is 48.2 Å². The van der Waals surface area contributed by atoms with Crippen molar-refractivity contribution in [3.05, 3.63) is 82.9 Å². The Morgan fingerprint density at radius 1 is 1.00 bits per heavy atom. The van der Waals surface area contributed by atoms with E-state index in [2.05, 4.69) is 0 Å². The van der Waals surface area contributed by atoms with Crippen LogP contribution in [-0.4, -0.2) is 17.9 Å². The highest BCUT2D eigenvalue weighted by molar-refractivity contribution is 14.2. The number of hydrogen-bond acceptors (Lipinski definition) is 6. The van der Waals surface area contributed by atoms with E-state index in [9.17, 15) is 4.79 Å². The van der Waals surface area contributed by atoms with Gasteiger partial charge in [-0.05, 0) is 22.8 Å². The molecule has 0 unspecified atom stereocenters. The van der Waals surface area contributed by atoms with E-state index in [1.165, 1.54) is 16.3 Å². The van der Waals surface area contributed by atoms with E-state index in [-0.39, 0.29) is 5.91 Å². The molecule has 0 aromatic heterocycles. The Morgan fingerprint density at radius 3 is 2.31 bits per heavy atom. The number of methoxy groups -OCH3 is 1. The fourth-order valence-electron chi connectivity index (χ4n) is 3.62. The zero-order valence-corrected chi connectivity index (χ0v) is 23.8. The van der Waals surface area contributed by atoms with Crippen molar-refractivity contribution in [3.8, 4) is 17.2 Å². The average molecular weight is 609 g/mol. The molecule has 0 fully saturated rings. The van der Waals surface area contributed by atoms with E-state index in [0.717, 1.165) is 16.7 Å². The van der Waals surface area contributed by atoms with Crippen LogP contribution in [0.4, 0.5) is 5.69 Å². The summed E-state index contributed by atoms with van der Waals surface area (Å²) in [6.45, 7) is 9.25. The number of fused-ring (bicyclic) bond motifs is 1. The van der Waals surface area contributed by atoms with Crippen LogP contribution in [0.25, 0.3) is 0 Å². The smallest absolute Gasteiger partial charge is 0.262 e. The highest BCUT2D eigenvalue weighted by Crippen LogP contribution is 2.39. The first kappa shape index (κ1) is 28.6. The molecule has 0 saturated heterocycles. The minimum atomic E-state index is -0.177. The van der Waals surface area contributed by atoms with E-state index < -0.39 is 0 Å². The van der Waals surface area contributed by atoms with Gasteiger partial charge in [-0.2, -0.15) is 0 Å². The molecule has 1 aliphatic heterocycles. The van der Waals surface area contributed by atoms with Gasteiger partial charge in [-0.15, -0.1) is 0 Å². The molecule has 0 aliphatic carbocycles. The van der Waals surface area contributed by atoms with Gasteiger partial charge in [-0.1, -0.05) is 70.2 Å². The Bertz CT molecular complexity index is 1100. The van der Waals surface area contributed by atoms with Gasteiger partial charge in [0.2, 0.25) is 0 Å². The molecule has 1 aliphatic rings. The number of carbonyl (C=O) groups excluding carboxylic acids is 1. The molecule has 188 valence electrons. The second kappa shape index (κ2) is 14.7. The van der Waals surface area contributed by atoms with Gasteiger partial charge in [0.1, 0.15) is 38.6 Å². The SMILES string of the molecule is CC.CC.COc1cc(OSI)cc(OCc2ccccc2)c1C(=O)N1Cc2cccc(N)c2C1. The van der Waals surface area contributed by atoms with Gasteiger partial charge < -0.3 is 24.3 Å². The van der Waals surface area contributed by atoms with E-state index in [1.54, 1.807) is 17.0 Å². The monoisotopic (exact) mass is 608 g/mol. The molecule has 4 rings (SSSR count). The highest BCUT2D eigenvalue weighted by Gasteiger charge is 2.30. The number of hydrogen-bond donors (Lipinski definition) is 1. The van der Waals surface area contributed by atoms with Crippen LogP contribution in [0.2, 0.25) is 0 Å². The van der Waals surface area contributed by atoms with Crippen molar-refractivity contribution >= 4 is 42.0 Å². The normalized spacial score (nSPS) is 11.3. The number of nitrogens with zero attached hydrogens (tertiary/aromatic N) is 1. The number of carbonyl (C=O) groups is 1. The van der Waals surface area contributed by atoms with Crippen LogP contribution < -0.4 is 19.4 Å². The third-order valence-corrected chi connectivity index (χ3v) is 5.94. The largest absolute Gasteiger partial charge is 0.496 e. The Labute approximate surface area is 224 Å². The van der Waals surface area contributed by atoms with Gasteiger partial charge in [0.15, 0.2) is 0 Å². The highest BCUT2D eigenvalue weighted by atomic mass is 127. The summed E-state index contributed by atoms with van der Waals surface area (Å²) in [7, 11) is 2.71. The lowest BCUT2D eigenvalue weighted by Gasteiger charge is -2.21. The molecule has 3 aromatic rings. The lowest BCUT2D eigenvalue weighted by molar-refractivity contribution is 0.0743. The summed E-state index contributed by atoms with van der Waals surface area (Å²) in [5.74, 6) is 1.19. The molecule has 0 atom stereocenters. The number of halogens is 1. The van der Waals surface area contributed by atoms with Gasteiger partial charge in [-0.3, -0.25) is 4.79 Å². The topological polar surface area (TPSA) is 74.0 Å². The third-order valence-electron chi connectivity index (χ3n) is 5.14. The Balaban J connectivity index is 0.00000103. The predicted octanol–water partition coefficient (Wildman–Crippen LogP) is 7.44. The molecule has 0 saturated carbocycles. The molecule has 0 radical (unpaired) electrons. The Morgan fingerprint density at radius 2 is 1.69 bits per heavy atom. The summed E-state index contributed by atoms with van der Waals surface area (Å²) in [6.07, 6.45) is 0. The minimum absolute atomic E-state index is 0.177. The second-order valence-electron chi connectivity index (χ2n) is 7.07. The first-order chi connectivity index (χ1) is 17.1. The Hall–Kier alpha value is -2.59. The lowest BCUT2D eigenvalue weighted by Crippen LogP contribution is -2.26.